The molecule has 0 atom stereocenters. The summed E-state index contributed by atoms with van der Waals surface area (Å²) in [4.78, 5) is 11.0. The fraction of sp³-hybridized carbons (Fsp3) is 0.533. The number of nitrogens with two attached hydrogens (primary N) is 1. The van der Waals surface area contributed by atoms with Gasteiger partial charge in [-0.3, -0.25) is 4.79 Å². The smallest absolute Gasteiger partial charge is 0.248 e. The van der Waals surface area contributed by atoms with Crippen molar-refractivity contribution in [2.24, 2.45) is 5.73 Å². The van der Waals surface area contributed by atoms with E-state index in [9.17, 15) is 4.79 Å². The molecule has 0 radical (unpaired) electrons. The van der Waals surface area contributed by atoms with Gasteiger partial charge in [-0.2, -0.15) is 0 Å². The van der Waals surface area contributed by atoms with E-state index >= 15 is 0 Å². The van der Waals surface area contributed by atoms with Gasteiger partial charge < -0.3 is 15.8 Å². The largest absolute Gasteiger partial charge is 0.381 e. The minimum atomic E-state index is -0.462. The number of carbonyl (C=O) groups excluding carboxylic acids is 1. The number of carbonyl (C=O) groups is 1. The van der Waals surface area contributed by atoms with Gasteiger partial charge >= 0.3 is 0 Å². The van der Waals surface area contributed by atoms with E-state index in [4.69, 9.17) is 22.1 Å². The van der Waals surface area contributed by atoms with E-state index in [1.54, 1.807) is 12.1 Å². The van der Waals surface area contributed by atoms with Crippen LogP contribution in [-0.4, -0.2) is 25.7 Å². The monoisotopic (exact) mass is 298 g/mol. The Labute approximate surface area is 125 Å². The molecule has 0 fully saturated rings. The van der Waals surface area contributed by atoms with Gasteiger partial charge in [0.15, 0.2) is 0 Å². The molecule has 3 N–H and O–H groups in total. The van der Waals surface area contributed by atoms with Gasteiger partial charge in [-0.1, -0.05) is 31.0 Å². The first kappa shape index (κ1) is 17.0. The van der Waals surface area contributed by atoms with Crippen LogP contribution in [0, 0.1) is 0 Å². The molecule has 0 unspecified atom stereocenters. The van der Waals surface area contributed by atoms with E-state index in [0.29, 0.717) is 17.1 Å². The number of unbranched alkanes of at least 4 members (excludes halogenated alkanes) is 1. The Morgan fingerprint density at radius 3 is 2.75 bits per heavy atom. The van der Waals surface area contributed by atoms with Crippen LogP contribution in [0.1, 0.15) is 42.1 Å². The zero-order chi connectivity index (χ0) is 14.8. The lowest BCUT2D eigenvalue weighted by atomic mass is 10.1. The van der Waals surface area contributed by atoms with Crippen molar-refractivity contribution in [3.8, 4) is 0 Å². The van der Waals surface area contributed by atoms with Crippen molar-refractivity contribution < 1.29 is 9.53 Å². The van der Waals surface area contributed by atoms with Gasteiger partial charge in [0, 0.05) is 30.3 Å². The molecule has 1 amide bonds. The number of amides is 1. The Kier molecular flexibility index (Phi) is 8.26. The van der Waals surface area contributed by atoms with Crippen LogP contribution < -0.4 is 11.1 Å². The quantitative estimate of drug-likeness (QED) is 0.653. The first-order valence-electron chi connectivity index (χ1n) is 7.01. The standard InChI is InChI=1S/C15H23ClN2O2/c1-2-3-8-20-9-4-7-18-11-13-6-5-12(15(17)19)10-14(13)16/h5-6,10,18H,2-4,7-9,11H2,1H3,(H2,17,19). The Morgan fingerprint density at radius 2 is 2.10 bits per heavy atom. The SMILES string of the molecule is CCCCOCCCNCc1ccc(C(N)=O)cc1Cl. The summed E-state index contributed by atoms with van der Waals surface area (Å²) in [5.41, 5.74) is 6.59. The van der Waals surface area contributed by atoms with Crippen LogP contribution in [0.2, 0.25) is 5.02 Å². The molecule has 0 aliphatic rings. The van der Waals surface area contributed by atoms with Crippen molar-refractivity contribution >= 4 is 17.5 Å². The molecule has 1 aromatic rings. The highest BCUT2D eigenvalue weighted by molar-refractivity contribution is 6.31. The fourth-order valence-corrected chi connectivity index (χ4v) is 1.96. The van der Waals surface area contributed by atoms with Crippen molar-refractivity contribution in [2.75, 3.05) is 19.8 Å². The van der Waals surface area contributed by atoms with Crippen LogP contribution >= 0.6 is 11.6 Å². The average molecular weight is 299 g/mol. The molecule has 0 spiro atoms. The molecular formula is C15H23ClN2O2. The van der Waals surface area contributed by atoms with Gasteiger partial charge in [-0.15, -0.1) is 0 Å². The second-order valence-corrected chi connectivity index (χ2v) is 5.07. The topological polar surface area (TPSA) is 64.3 Å². The Hall–Kier alpha value is -1.10. The van der Waals surface area contributed by atoms with Crippen LogP contribution in [0.25, 0.3) is 0 Å². The number of ether oxygens (including phenoxy) is 1. The second kappa shape index (κ2) is 9.75. The highest BCUT2D eigenvalue weighted by Crippen LogP contribution is 2.17. The third-order valence-corrected chi connectivity index (χ3v) is 3.29. The van der Waals surface area contributed by atoms with Crippen LogP contribution in [0.4, 0.5) is 0 Å². The number of nitrogens with one attached hydrogen (secondary N) is 1. The molecule has 0 aliphatic carbocycles. The number of halogens is 1. The highest BCUT2D eigenvalue weighted by Gasteiger charge is 2.05. The van der Waals surface area contributed by atoms with E-state index in [0.717, 1.165) is 44.6 Å². The molecule has 0 saturated carbocycles. The van der Waals surface area contributed by atoms with Crippen molar-refractivity contribution in [1.29, 1.82) is 0 Å². The summed E-state index contributed by atoms with van der Waals surface area (Å²) in [6.07, 6.45) is 3.26. The summed E-state index contributed by atoms with van der Waals surface area (Å²) < 4.78 is 5.47. The maximum absolute atomic E-state index is 11.0. The third-order valence-electron chi connectivity index (χ3n) is 2.94. The number of hydrogen-bond donors (Lipinski definition) is 2. The molecule has 20 heavy (non-hydrogen) atoms. The molecular weight excluding hydrogens is 276 g/mol. The van der Waals surface area contributed by atoms with Crippen molar-refractivity contribution in [3.63, 3.8) is 0 Å². The van der Waals surface area contributed by atoms with Crippen molar-refractivity contribution in [1.82, 2.24) is 5.32 Å². The lowest BCUT2D eigenvalue weighted by Gasteiger charge is -2.08. The maximum Gasteiger partial charge on any atom is 0.248 e. The summed E-state index contributed by atoms with van der Waals surface area (Å²) in [5, 5.41) is 3.86. The third kappa shape index (κ3) is 6.37. The first-order valence-corrected chi connectivity index (χ1v) is 7.39. The number of primary amides is 1. The molecule has 5 heteroatoms. The molecule has 1 rings (SSSR count). The average Bonchev–Trinajstić information content (AvgIpc) is 2.43. The second-order valence-electron chi connectivity index (χ2n) is 4.67. The molecule has 0 aliphatic heterocycles. The lowest BCUT2D eigenvalue weighted by molar-refractivity contribution is 0.1000. The summed E-state index contributed by atoms with van der Waals surface area (Å²) in [6.45, 7) is 5.32. The summed E-state index contributed by atoms with van der Waals surface area (Å²) in [7, 11) is 0. The highest BCUT2D eigenvalue weighted by atomic mass is 35.5. The van der Waals surface area contributed by atoms with Gasteiger partial charge in [0.25, 0.3) is 0 Å². The number of rotatable bonds is 10. The minimum absolute atomic E-state index is 0.433. The zero-order valence-corrected chi connectivity index (χ0v) is 12.7. The lowest BCUT2D eigenvalue weighted by Crippen LogP contribution is -2.17. The van der Waals surface area contributed by atoms with Gasteiger partial charge in [0.05, 0.1) is 0 Å². The Bertz CT molecular complexity index is 424. The van der Waals surface area contributed by atoms with Crippen LogP contribution in [-0.2, 0) is 11.3 Å². The van der Waals surface area contributed by atoms with E-state index < -0.39 is 5.91 Å². The van der Waals surface area contributed by atoms with E-state index in [-0.39, 0.29) is 0 Å². The van der Waals surface area contributed by atoms with Gasteiger partial charge in [0.1, 0.15) is 0 Å². The summed E-state index contributed by atoms with van der Waals surface area (Å²) in [5.74, 6) is -0.462. The summed E-state index contributed by atoms with van der Waals surface area (Å²) in [6, 6.07) is 5.13. The van der Waals surface area contributed by atoms with Crippen LogP contribution in [0.3, 0.4) is 0 Å². The Balaban J connectivity index is 2.20. The maximum atomic E-state index is 11.0. The minimum Gasteiger partial charge on any atom is -0.381 e. The first-order chi connectivity index (χ1) is 9.65. The molecule has 4 nitrogen and oxygen atoms in total. The molecule has 0 bridgehead atoms. The zero-order valence-electron chi connectivity index (χ0n) is 12.0. The molecule has 0 saturated heterocycles. The molecule has 1 aromatic carbocycles. The molecule has 0 heterocycles. The normalized spacial score (nSPS) is 10.7. The number of hydrogen-bond acceptors (Lipinski definition) is 3. The van der Waals surface area contributed by atoms with Crippen LogP contribution in [0.15, 0.2) is 18.2 Å². The fourth-order valence-electron chi connectivity index (χ4n) is 1.71. The van der Waals surface area contributed by atoms with Crippen LogP contribution in [0.5, 0.6) is 0 Å². The van der Waals surface area contributed by atoms with Gasteiger partial charge in [-0.25, -0.2) is 0 Å². The van der Waals surface area contributed by atoms with Crippen molar-refractivity contribution in [3.05, 3.63) is 34.3 Å². The van der Waals surface area contributed by atoms with E-state index in [1.165, 1.54) is 0 Å². The molecule has 0 aromatic heterocycles. The van der Waals surface area contributed by atoms with Crippen molar-refractivity contribution in [2.45, 2.75) is 32.7 Å². The van der Waals surface area contributed by atoms with E-state index in [1.807, 2.05) is 6.07 Å². The predicted octanol–water partition coefficient (Wildman–Crippen LogP) is 2.74. The Morgan fingerprint density at radius 1 is 1.35 bits per heavy atom. The predicted molar refractivity (Wildman–Crippen MR) is 82.0 cm³/mol. The van der Waals surface area contributed by atoms with E-state index in [2.05, 4.69) is 12.2 Å². The molecule has 112 valence electrons. The number of benzene rings is 1. The van der Waals surface area contributed by atoms with Gasteiger partial charge in [-0.05, 0) is 37.1 Å². The van der Waals surface area contributed by atoms with Gasteiger partial charge in [0.2, 0.25) is 5.91 Å². The summed E-state index contributed by atoms with van der Waals surface area (Å²) >= 11 is 6.10.